The summed E-state index contributed by atoms with van der Waals surface area (Å²) >= 11 is 0. The number of aromatic nitrogens is 1. The van der Waals surface area contributed by atoms with Crippen molar-refractivity contribution < 1.29 is 27.4 Å². The largest absolute Gasteiger partial charge is 0.494 e. The van der Waals surface area contributed by atoms with Gasteiger partial charge in [-0.15, -0.1) is 0 Å². The number of morpholine rings is 1. The Balaban J connectivity index is 1.33. The zero-order valence-corrected chi connectivity index (χ0v) is 27.2. The summed E-state index contributed by atoms with van der Waals surface area (Å²) in [5, 5.41) is 3.98. The molecular weight excluding hydrogens is 617 g/mol. The first-order chi connectivity index (χ1) is 23.2. The number of carbonyl (C=O) groups is 1. The average molecular weight is 659 g/mol. The van der Waals surface area contributed by atoms with Crippen molar-refractivity contribution in [3.05, 3.63) is 95.1 Å². The Morgan fingerprint density at radius 1 is 0.979 bits per heavy atom. The Hall–Kier alpha value is -3.99. The fourth-order valence-corrected chi connectivity index (χ4v) is 7.29. The number of carbonyl (C=O) groups excluding carboxylic acids is 1. The molecule has 1 N–H and O–H groups in total. The molecule has 0 bridgehead atoms. The lowest BCUT2D eigenvalue weighted by atomic mass is 9.93. The molecule has 0 atom stereocenters. The minimum Gasteiger partial charge on any atom is -0.494 e. The second-order valence-electron chi connectivity index (χ2n) is 13.1. The smallest absolute Gasteiger partial charge is 0.416 e. The highest BCUT2D eigenvalue weighted by Crippen LogP contribution is 2.46. The summed E-state index contributed by atoms with van der Waals surface area (Å²) < 4.78 is 53.3. The van der Waals surface area contributed by atoms with E-state index in [1.807, 2.05) is 43.3 Å². The van der Waals surface area contributed by atoms with Crippen molar-refractivity contribution in [1.82, 2.24) is 20.1 Å². The van der Waals surface area contributed by atoms with Gasteiger partial charge >= 0.3 is 6.18 Å². The van der Waals surface area contributed by atoms with E-state index in [1.165, 1.54) is 6.07 Å². The number of hydrogen-bond acceptors (Lipinski definition) is 6. The summed E-state index contributed by atoms with van der Waals surface area (Å²) in [6, 6.07) is 21.1. The van der Waals surface area contributed by atoms with Crippen molar-refractivity contribution in [2.24, 2.45) is 0 Å². The van der Waals surface area contributed by atoms with E-state index in [4.69, 9.17) is 14.5 Å². The second kappa shape index (κ2) is 13.5. The highest BCUT2D eigenvalue weighted by atomic mass is 19.4. The highest BCUT2D eigenvalue weighted by Gasteiger charge is 2.46. The number of nitrogens with zero attached hydrogens (tertiary/aromatic N) is 3. The van der Waals surface area contributed by atoms with E-state index in [0.717, 1.165) is 82.8 Å². The highest BCUT2D eigenvalue weighted by molar-refractivity contribution is 6.09. The SMILES string of the molecule is CCOc1ccc2nc(-c3cccc(C(F)(F)F)c3)c(CN3CCC(N4CCOCC4)CC3)c(C(=O)NC3(c4ccccc4)CC3)c2c1. The van der Waals surface area contributed by atoms with Crippen LogP contribution in [0.25, 0.3) is 22.2 Å². The molecule has 252 valence electrons. The lowest BCUT2D eigenvalue weighted by Gasteiger charge is -2.40. The lowest BCUT2D eigenvalue weighted by molar-refractivity contribution is -0.137. The van der Waals surface area contributed by atoms with E-state index in [1.54, 1.807) is 18.2 Å². The van der Waals surface area contributed by atoms with Gasteiger partial charge in [0.15, 0.2) is 0 Å². The lowest BCUT2D eigenvalue weighted by Crippen LogP contribution is -2.48. The third-order valence-corrected chi connectivity index (χ3v) is 9.99. The molecule has 0 spiro atoms. The summed E-state index contributed by atoms with van der Waals surface area (Å²) in [7, 11) is 0. The van der Waals surface area contributed by atoms with Crippen LogP contribution in [-0.2, 0) is 23.0 Å². The molecule has 0 radical (unpaired) electrons. The van der Waals surface area contributed by atoms with E-state index in [-0.39, 0.29) is 5.91 Å². The normalized spacial score (nSPS) is 18.9. The van der Waals surface area contributed by atoms with Crippen LogP contribution in [-0.4, -0.2) is 72.7 Å². The second-order valence-corrected chi connectivity index (χ2v) is 13.1. The summed E-state index contributed by atoms with van der Waals surface area (Å²) in [6.45, 7) is 7.67. The van der Waals surface area contributed by atoms with Gasteiger partial charge in [0.1, 0.15) is 5.75 Å². The Labute approximate surface area is 279 Å². The van der Waals surface area contributed by atoms with E-state index in [2.05, 4.69) is 15.1 Å². The van der Waals surface area contributed by atoms with Gasteiger partial charge in [0.25, 0.3) is 5.91 Å². The number of amides is 1. The third kappa shape index (κ3) is 6.79. The van der Waals surface area contributed by atoms with Crippen molar-refractivity contribution in [1.29, 1.82) is 0 Å². The van der Waals surface area contributed by atoms with Crippen molar-refractivity contribution in [2.75, 3.05) is 46.0 Å². The molecule has 2 saturated heterocycles. The first kappa shape index (κ1) is 32.6. The van der Waals surface area contributed by atoms with Crippen molar-refractivity contribution in [3.8, 4) is 17.0 Å². The number of alkyl halides is 3. The molecule has 2 aliphatic heterocycles. The monoisotopic (exact) mass is 658 g/mol. The number of pyridine rings is 1. The van der Waals surface area contributed by atoms with E-state index in [0.29, 0.717) is 58.2 Å². The molecule has 10 heteroatoms. The Kier molecular flexibility index (Phi) is 9.15. The number of likely N-dealkylation sites (tertiary alicyclic amines) is 1. The summed E-state index contributed by atoms with van der Waals surface area (Å²) in [4.78, 5) is 24.5. The van der Waals surface area contributed by atoms with Crippen LogP contribution in [0, 0.1) is 0 Å². The molecule has 3 heterocycles. The minimum atomic E-state index is -4.52. The number of ether oxygens (including phenoxy) is 2. The van der Waals surface area contributed by atoms with Gasteiger partial charge in [-0.3, -0.25) is 14.6 Å². The molecule has 1 aromatic heterocycles. The Bertz CT molecular complexity index is 1760. The molecule has 3 aromatic carbocycles. The minimum absolute atomic E-state index is 0.260. The van der Waals surface area contributed by atoms with Crippen LogP contribution in [0.4, 0.5) is 13.2 Å². The fraction of sp³-hybridized carbons (Fsp3) is 0.421. The van der Waals surface area contributed by atoms with Crippen LogP contribution in [0.5, 0.6) is 5.75 Å². The molecule has 3 aliphatic rings. The standard InChI is InChI=1S/C38H41F3N4O3/c1-2-48-30-11-12-33-31(24-30)34(36(46)43-37(15-16-37)27-8-4-3-5-9-27)32(35(42-33)26-7-6-10-28(23-26)38(39,40)41)25-44-17-13-29(14-18-44)45-19-21-47-22-20-45/h3-12,23-24,29H,2,13-22,25H2,1H3,(H,43,46). The van der Waals surface area contributed by atoms with Crippen LogP contribution in [0.2, 0.25) is 0 Å². The predicted octanol–water partition coefficient (Wildman–Crippen LogP) is 7.04. The zero-order valence-electron chi connectivity index (χ0n) is 27.2. The van der Waals surface area contributed by atoms with Crippen LogP contribution >= 0.6 is 0 Å². The maximum absolute atomic E-state index is 14.7. The van der Waals surface area contributed by atoms with E-state index in [9.17, 15) is 18.0 Å². The topological polar surface area (TPSA) is 66.9 Å². The molecule has 3 fully saturated rings. The van der Waals surface area contributed by atoms with Crippen molar-refractivity contribution >= 4 is 16.8 Å². The van der Waals surface area contributed by atoms with Gasteiger partial charge < -0.3 is 14.8 Å². The Morgan fingerprint density at radius 3 is 2.42 bits per heavy atom. The first-order valence-corrected chi connectivity index (χ1v) is 16.9. The molecule has 7 nitrogen and oxygen atoms in total. The quantitative estimate of drug-likeness (QED) is 0.208. The molecule has 0 unspecified atom stereocenters. The summed E-state index contributed by atoms with van der Waals surface area (Å²) in [5.41, 5.74) is 2.10. The molecule has 7 rings (SSSR count). The van der Waals surface area contributed by atoms with Crippen LogP contribution < -0.4 is 10.1 Å². The number of halogens is 3. The summed E-state index contributed by atoms with van der Waals surface area (Å²) in [5.74, 6) is 0.345. The third-order valence-electron chi connectivity index (χ3n) is 9.99. The molecular formula is C38H41F3N4O3. The number of rotatable bonds is 9. The van der Waals surface area contributed by atoms with Gasteiger partial charge in [-0.05, 0) is 81.6 Å². The van der Waals surface area contributed by atoms with Gasteiger partial charge in [-0.1, -0.05) is 42.5 Å². The van der Waals surface area contributed by atoms with Crippen LogP contribution in [0.3, 0.4) is 0 Å². The predicted molar refractivity (Wildman–Crippen MR) is 179 cm³/mol. The van der Waals surface area contributed by atoms with Gasteiger partial charge in [-0.2, -0.15) is 13.2 Å². The van der Waals surface area contributed by atoms with Gasteiger partial charge in [-0.25, -0.2) is 4.98 Å². The fourth-order valence-electron chi connectivity index (χ4n) is 7.29. The van der Waals surface area contributed by atoms with E-state index >= 15 is 0 Å². The number of benzene rings is 3. The molecule has 1 aliphatic carbocycles. The number of nitrogens with one attached hydrogen (secondary N) is 1. The van der Waals surface area contributed by atoms with Gasteiger partial charge in [0.2, 0.25) is 0 Å². The van der Waals surface area contributed by atoms with Crippen molar-refractivity contribution in [2.45, 2.75) is 56.9 Å². The number of hydrogen-bond donors (Lipinski definition) is 1. The Morgan fingerprint density at radius 2 is 1.73 bits per heavy atom. The number of fused-ring (bicyclic) bond motifs is 1. The van der Waals surface area contributed by atoms with E-state index < -0.39 is 17.3 Å². The van der Waals surface area contributed by atoms with Crippen LogP contribution in [0.15, 0.2) is 72.8 Å². The molecule has 4 aromatic rings. The van der Waals surface area contributed by atoms with Gasteiger partial charge in [0.05, 0.1) is 47.7 Å². The molecule has 48 heavy (non-hydrogen) atoms. The summed E-state index contributed by atoms with van der Waals surface area (Å²) in [6.07, 6.45) is -0.975. The maximum atomic E-state index is 14.7. The zero-order chi connectivity index (χ0) is 33.3. The first-order valence-electron chi connectivity index (χ1n) is 16.9. The average Bonchev–Trinajstić information content (AvgIpc) is 3.89. The molecule has 1 amide bonds. The van der Waals surface area contributed by atoms with Crippen molar-refractivity contribution in [3.63, 3.8) is 0 Å². The molecule has 1 saturated carbocycles. The van der Waals surface area contributed by atoms with Gasteiger partial charge in [0, 0.05) is 42.2 Å². The van der Waals surface area contributed by atoms with Crippen LogP contribution in [0.1, 0.15) is 59.7 Å². The number of piperidine rings is 1. The maximum Gasteiger partial charge on any atom is 0.416 e.